The van der Waals surface area contributed by atoms with Crippen LogP contribution < -0.4 is 9.60 Å². The molecule has 0 aliphatic rings. The van der Waals surface area contributed by atoms with Crippen molar-refractivity contribution in [2.24, 2.45) is 0 Å². The molecule has 0 amide bonds. The van der Waals surface area contributed by atoms with Gasteiger partial charge in [-0.15, -0.1) is 0 Å². The van der Waals surface area contributed by atoms with Crippen molar-refractivity contribution >= 4 is 43.0 Å². The largest absolute Gasteiger partial charge is 0.315 e. The van der Waals surface area contributed by atoms with Crippen molar-refractivity contribution in [3.8, 4) is 0 Å². The van der Waals surface area contributed by atoms with Gasteiger partial charge in [0.05, 0.1) is 5.69 Å². The summed E-state index contributed by atoms with van der Waals surface area (Å²) in [6.45, 7) is 3.51. The fourth-order valence-electron chi connectivity index (χ4n) is 1.79. The first kappa shape index (κ1) is 15.3. The van der Waals surface area contributed by atoms with Crippen LogP contribution in [-0.2, 0) is 16.4 Å². The third-order valence-electron chi connectivity index (χ3n) is 2.72. The van der Waals surface area contributed by atoms with Gasteiger partial charge in [-0.25, -0.2) is 8.42 Å². The van der Waals surface area contributed by atoms with Crippen molar-refractivity contribution in [3.63, 3.8) is 0 Å². The van der Waals surface area contributed by atoms with E-state index < -0.39 is 10.0 Å². The lowest BCUT2D eigenvalue weighted by molar-refractivity contribution is 0.602. The Morgan fingerprint density at radius 3 is 2.65 bits per heavy atom. The molecule has 1 heterocycles. The second-order valence-electron chi connectivity index (χ2n) is 4.19. The summed E-state index contributed by atoms with van der Waals surface area (Å²) >= 11 is 4.04. The van der Waals surface area contributed by atoms with Gasteiger partial charge in [-0.1, -0.05) is 34.2 Å². The maximum atomic E-state index is 12.3. The number of rotatable bonds is 4. The van der Waals surface area contributed by atoms with Crippen LogP contribution in [0.1, 0.15) is 18.2 Å². The standard InChI is InChI=1S/C12H13BrN2O3S2/c1-3-8-6-9(13)4-5-10(8)15-20(17,18)11-7(2)14-12(16)19-11/h4-6,15H,3H2,1-2H3,(H,14,16). The minimum Gasteiger partial charge on any atom is -0.315 e. The van der Waals surface area contributed by atoms with Gasteiger partial charge in [0.1, 0.15) is 0 Å². The zero-order chi connectivity index (χ0) is 14.9. The Balaban J connectivity index is 2.43. The fraction of sp³-hybridized carbons (Fsp3) is 0.250. The average molecular weight is 377 g/mol. The SMILES string of the molecule is CCc1cc(Br)ccc1NS(=O)(=O)c1sc(=O)[nH]c1C. The molecular weight excluding hydrogens is 364 g/mol. The first-order chi connectivity index (χ1) is 9.33. The third kappa shape index (κ3) is 3.13. The third-order valence-corrected chi connectivity index (χ3v) is 6.18. The molecule has 2 aromatic rings. The molecule has 0 bridgehead atoms. The van der Waals surface area contributed by atoms with E-state index in [1.54, 1.807) is 19.1 Å². The maximum Gasteiger partial charge on any atom is 0.306 e. The van der Waals surface area contributed by atoms with E-state index in [0.717, 1.165) is 10.0 Å². The Kier molecular flexibility index (Phi) is 4.36. The van der Waals surface area contributed by atoms with Crippen molar-refractivity contribution < 1.29 is 8.42 Å². The van der Waals surface area contributed by atoms with Crippen LogP contribution in [0.3, 0.4) is 0 Å². The van der Waals surface area contributed by atoms with Gasteiger partial charge in [-0.3, -0.25) is 9.52 Å². The fourth-order valence-corrected chi connectivity index (χ4v) is 4.60. The second-order valence-corrected chi connectivity index (χ2v) is 7.96. The number of benzene rings is 1. The minimum atomic E-state index is -3.75. The summed E-state index contributed by atoms with van der Waals surface area (Å²) in [7, 11) is -3.75. The zero-order valence-corrected chi connectivity index (χ0v) is 14.1. The molecule has 0 saturated heterocycles. The topological polar surface area (TPSA) is 79.0 Å². The highest BCUT2D eigenvalue weighted by Gasteiger charge is 2.21. The van der Waals surface area contributed by atoms with Gasteiger partial charge >= 0.3 is 4.87 Å². The van der Waals surface area contributed by atoms with Crippen LogP contribution in [0.25, 0.3) is 0 Å². The Morgan fingerprint density at radius 2 is 2.10 bits per heavy atom. The molecule has 0 fully saturated rings. The summed E-state index contributed by atoms with van der Waals surface area (Å²) in [6, 6.07) is 5.33. The number of H-pyrrole nitrogens is 1. The van der Waals surface area contributed by atoms with E-state index in [1.165, 1.54) is 0 Å². The first-order valence-electron chi connectivity index (χ1n) is 5.84. The van der Waals surface area contributed by atoms with E-state index in [0.29, 0.717) is 29.1 Å². The summed E-state index contributed by atoms with van der Waals surface area (Å²) in [4.78, 5) is 13.3. The summed E-state index contributed by atoms with van der Waals surface area (Å²) in [5.74, 6) is 0. The van der Waals surface area contributed by atoms with Crippen LogP contribution >= 0.6 is 27.3 Å². The molecule has 8 heteroatoms. The first-order valence-corrected chi connectivity index (χ1v) is 8.93. The number of hydrogen-bond acceptors (Lipinski definition) is 4. The molecule has 1 aromatic heterocycles. The van der Waals surface area contributed by atoms with Gasteiger partial charge in [0.2, 0.25) is 0 Å². The van der Waals surface area contributed by atoms with Crippen molar-refractivity contribution in [1.29, 1.82) is 0 Å². The van der Waals surface area contributed by atoms with E-state index in [4.69, 9.17) is 0 Å². The summed E-state index contributed by atoms with van der Waals surface area (Å²) in [6.07, 6.45) is 0.694. The predicted octanol–water partition coefficient (Wildman–Crippen LogP) is 2.87. The molecule has 0 saturated carbocycles. The van der Waals surface area contributed by atoms with Crippen LogP contribution in [0.2, 0.25) is 0 Å². The quantitative estimate of drug-likeness (QED) is 0.860. The van der Waals surface area contributed by atoms with Crippen LogP contribution in [0.5, 0.6) is 0 Å². The molecule has 0 spiro atoms. The van der Waals surface area contributed by atoms with Gasteiger partial charge in [-0.2, -0.15) is 0 Å². The lowest BCUT2D eigenvalue weighted by atomic mass is 10.1. The Hall–Kier alpha value is -1.12. The van der Waals surface area contributed by atoms with Crippen LogP contribution in [-0.4, -0.2) is 13.4 Å². The number of aryl methyl sites for hydroxylation is 2. The molecule has 0 unspecified atom stereocenters. The molecular formula is C12H13BrN2O3S2. The summed E-state index contributed by atoms with van der Waals surface area (Å²) in [5, 5.41) is 0. The molecule has 1 aromatic carbocycles. The van der Waals surface area contributed by atoms with E-state index in [1.807, 2.05) is 13.0 Å². The van der Waals surface area contributed by atoms with E-state index in [2.05, 4.69) is 25.6 Å². The van der Waals surface area contributed by atoms with Gasteiger partial charge in [-0.05, 0) is 37.1 Å². The molecule has 0 atom stereocenters. The molecule has 20 heavy (non-hydrogen) atoms. The van der Waals surface area contributed by atoms with Crippen molar-refractivity contribution in [1.82, 2.24) is 4.98 Å². The number of sulfonamides is 1. The molecule has 5 nitrogen and oxygen atoms in total. The highest BCUT2D eigenvalue weighted by Crippen LogP contribution is 2.25. The minimum absolute atomic E-state index is 0.0208. The highest BCUT2D eigenvalue weighted by atomic mass is 79.9. The molecule has 2 N–H and O–H groups in total. The Labute approximate surface area is 129 Å². The number of halogens is 1. The number of aromatic nitrogens is 1. The molecule has 0 radical (unpaired) electrons. The average Bonchev–Trinajstić information content (AvgIpc) is 2.71. The molecule has 2 rings (SSSR count). The predicted molar refractivity (Wildman–Crippen MR) is 84.0 cm³/mol. The Morgan fingerprint density at radius 1 is 1.40 bits per heavy atom. The smallest absolute Gasteiger partial charge is 0.306 e. The number of thiazole rings is 1. The monoisotopic (exact) mass is 376 g/mol. The lowest BCUT2D eigenvalue weighted by Gasteiger charge is -2.11. The number of anilines is 1. The summed E-state index contributed by atoms with van der Waals surface area (Å²) < 4.78 is 28.1. The molecule has 108 valence electrons. The number of aromatic amines is 1. The van der Waals surface area contributed by atoms with Gasteiger partial charge < -0.3 is 4.98 Å². The van der Waals surface area contributed by atoms with Crippen molar-refractivity contribution in [2.75, 3.05) is 4.72 Å². The highest BCUT2D eigenvalue weighted by molar-refractivity contribution is 9.10. The van der Waals surface area contributed by atoms with Crippen LogP contribution in [0.15, 0.2) is 31.7 Å². The molecule has 0 aliphatic heterocycles. The lowest BCUT2D eigenvalue weighted by Crippen LogP contribution is -2.14. The zero-order valence-electron chi connectivity index (χ0n) is 10.9. The van der Waals surface area contributed by atoms with Gasteiger partial charge in [0.15, 0.2) is 4.21 Å². The van der Waals surface area contributed by atoms with E-state index in [9.17, 15) is 13.2 Å². The van der Waals surface area contributed by atoms with Gasteiger partial charge in [0, 0.05) is 10.2 Å². The number of nitrogens with one attached hydrogen (secondary N) is 2. The summed E-state index contributed by atoms with van der Waals surface area (Å²) in [5.41, 5.74) is 1.75. The van der Waals surface area contributed by atoms with E-state index in [-0.39, 0.29) is 9.08 Å². The van der Waals surface area contributed by atoms with Crippen molar-refractivity contribution in [2.45, 2.75) is 24.5 Å². The van der Waals surface area contributed by atoms with Gasteiger partial charge in [0.25, 0.3) is 10.0 Å². The maximum absolute atomic E-state index is 12.3. The van der Waals surface area contributed by atoms with Crippen LogP contribution in [0, 0.1) is 6.92 Å². The number of hydrogen-bond donors (Lipinski definition) is 2. The Bertz CT molecular complexity index is 793. The second kappa shape index (κ2) is 5.71. The molecule has 0 aliphatic carbocycles. The van der Waals surface area contributed by atoms with E-state index >= 15 is 0 Å². The normalized spacial score (nSPS) is 11.6. The van der Waals surface area contributed by atoms with Crippen molar-refractivity contribution in [3.05, 3.63) is 43.6 Å². The van der Waals surface area contributed by atoms with Crippen LogP contribution in [0.4, 0.5) is 5.69 Å².